The number of rotatable bonds is 5. The fourth-order valence-electron chi connectivity index (χ4n) is 2.21. The zero-order valence-electron chi connectivity index (χ0n) is 13.6. The van der Waals surface area contributed by atoms with Gasteiger partial charge in [0.15, 0.2) is 0 Å². The molecule has 1 aliphatic rings. The van der Waals surface area contributed by atoms with E-state index in [4.69, 9.17) is 9.47 Å². The molecule has 0 aromatic carbocycles. The number of aromatic nitrogens is 5. The van der Waals surface area contributed by atoms with Crippen LogP contribution in [0.1, 0.15) is 6.92 Å². The monoisotopic (exact) mass is 333 g/mol. The van der Waals surface area contributed by atoms with Crippen LogP contribution in [0.25, 0.3) is 0 Å². The topological polar surface area (TPSA) is 107 Å². The highest BCUT2D eigenvalue weighted by molar-refractivity contribution is 5.38. The molecule has 0 spiro atoms. The van der Waals surface area contributed by atoms with Gasteiger partial charge in [0.2, 0.25) is 17.8 Å². The van der Waals surface area contributed by atoms with Crippen LogP contribution in [0, 0.1) is 0 Å². The van der Waals surface area contributed by atoms with Crippen molar-refractivity contribution in [3.8, 4) is 11.9 Å². The summed E-state index contributed by atoms with van der Waals surface area (Å²) in [5, 5.41) is 7.00. The van der Waals surface area contributed by atoms with Crippen LogP contribution in [-0.2, 0) is 11.3 Å². The lowest BCUT2D eigenvalue weighted by Crippen LogP contribution is -2.37. The Balaban J connectivity index is 1.88. The summed E-state index contributed by atoms with van der Waals surface area (Å²) in [6.45, 7) is 4.93. The Morgan fingerprint density at radius 3 is 2.75 bits per heavy atom. The van der Waals surface area contributed by atoms with Crippen LogP contribution in [0.3, 0.4) is 0 Å². The van der Waals surface area contributed by atoms with Crippen LogP contribution in [0.15, 0.2) is 16.9 Å². The van der Waals surface area contributed by atoms with Gasteiger partial charge in [-0.3, -0.25) is 4.79 Å². The standard InChI is InChI=1S/C14H19N7O3/c1-3-21-11(22)5-4-10(19-21)24-14-17-12(15-2)16-13(18-14)20-6-8-23-9-7-20/h4-5H,3,6-9H2,1-2H3,(H,15,16,17,18). The Morgan fingerprint density at radius 1 is 1.25 bits per heavy atom. The van der Waals surface area contributed by atoms with Crippen molar-refractivity contribution >= 4 is 11.9 Å². The normalized spacial score (nSPS) is 14.5. The molecule has 24 heavy (non-hydrogen) atoms. The van der Waals surface area contributed by atoms with E-state index in [2.05, 4.69) is 25.4 Å². The Morgan fingerprint density at radius 2 is 2.04 bits per heavy atom. The quantitative estimate of drug-likeness (QED) is 0.816. The van der Waals surface area contributed by atoms with Gasteiger partial charge in [0.1, 0.15) is 0 Å². The molecule has 0 amide bonds. The van der Waals surface area contributed by atoms with Crippen molar-refractivity contribution < 1.29 is 9.47 Å². The number of hydrogen-bond acceptors (Lipinski definition) is 9. The third-order valence-electron chi connectivity index (χ3n) is 3.46. The Labute approximate surface area is 138 Å². The van der Waals surface area contributed by atoms with Gasteiger partial charge >= 0.3 is 6.01 Å². The molecule has 10 heteroatoms. The average Bonchev–Trinajstić information content (AvgIpc) is 2.63. The fourth-order valence-corrected chi connectivity index (χ4v) is 2.21. The number of morpholine rings is 1. The predicted molar refractivity (Wildman–Crippen MR) is 86.7 cm³/mol. The predicted octanol–water partition coefficient (Wildman–Crippen LogP) is 0.119. The van der Waals surface area contributed by atoms with E-state index < -0.39 is 0 Å². The van der Waals surface area contributed by atoms with E-state index in [9.17, 15) is 4.79 Å². The van der Waals surface area contributed by atoms with Gasteiger partial charge in [-0.05, 0) is 6.92 Å². The highest BCUT2D eigenvalue weighted by Crippen LogP contribution is 2.19. The van der Waals surface area contributed by atoms with Crippen LogP contribution < -0.4 is 20.5 Å². The summed E-state index contributed by atoms with van der Waals surface area (Å²) < 4.78 is 12.3. The van der Waals surface area contributed by atoms with Gasteiger partial charge in [-0.15, -0.1) is 5.10 Å². The largest absolute Gasteiger partial charge is 0.403 e. The molecule has 3 heterocycles. The molecule has 1 aliphatic heterocycles. The maximum Gasteiger partial charge on any atom is 0.330 e. The SMILES string of the molecule is CCn1nc(Oc2nc(NC)nc(N3CCOCC3)n2)ccc1=O. The first kappa shape index (κ1) is 16.1. The summed E-state index contributed by atoms with van der Waals surface area (Å²) in [5.74, 6) is 1.15. The molecule has 10 nitrogen and oxygen atoms in total. The first-order valence-corrected chi connectivity index (χ1v) is 7.72. The molecule has 1 N–H and O–H groups in total. The van der Waals surface area contributed by atoms with Gasteiger partial charge < -0.3 is 19.7 Å². The van der Waals surface area contributed by atoms with Crippen molar-refractivity contribution in [3.05, 3.63) is 22.5 Å². The van der Waals surface area contributed by atoms with Crippen molar-refractivity contribution in [2.45, 2.75) is 13.5 Å². The summed E-state index contributed by atoms with van der Waals surface area (Å²) in [4.78, 5) is 26.5. The Kier molecular flexibility index (Phi) is 4.85. The van der Waals surface area contributed by atoms with Crippen LogP contribution in [0.2, 0.25) is 0 Å². The van der Waals surface area contributed by atoms with Gasteiger partial charge in [0.05, 0.1) is 13.2 Å². The summed E-state index contributed by atoms with van der Waals surface area (Å²) in [6, 6.07) is 3.00. The number of ether oxygens (including phenoxy) is 2. The molecule has 0 unspecified atom stereocenters. The van der Waals surface area contributed by atoms with Gasteiger partial charge in [-0.2, -0.15) is 15.0 Å². The molecule has 128 valence electrons. The number of anilines is 2. The number of nitrogens with one attached hydrogen (secondary N) is 1. The molecule has 2 aromatic heterocycles. The lowest BCUT2D eigenvalue weighted by molar-refractivity contribution is 0.122. The molecule has 0 bridgehead atoms. The molecule has 2 aromatic rings. The van der Waals surface area contributed by atoms with Gasteiger partial charge in [-0.25, -0.2) is 4.68 Å². The van der Waals surface area contributed by atoms with Crippen LogP contribution in [-0.4, -0.2) is 58.1 Å². The van der Waals surface area contributed by atoms with Crippen LogP contribution >= 0.6 is 0 Å². The van der Waals surface area contributed by atoms with Crippen molar-refractivity contribution in [2.75, 3.05) is 43.6 Å². The molecular weight excluding hydrogens is 314 g/mol. The highest BCUT2D eigenvalue weighted by atomic mass is 16.5. The number of nitrogens with zero attached hydrogens (tertiary/aromatic N) is 6. The van der Waals surface area contributed by atoms with E-state index in [0.717, 1.165) is 0 Å². The van der Waals surface area contributed by atoms with Crippen molar-refractivity contribution in [1.29, 1.82) is 0 Å². The minimum atomic E-state index is -0.189. The second-order valence-electron chi connectivity index (χ2n) is 5.02. The first-order chi connectivity index (χ1) is 11.7. The van der Waals surface area contributed by atoms with Crippen molar-refractivity contribution in [2.24, 2.45) is 0 Å². The molecule has 0 radical (unpaired) electrons. The summed E-state index contributed by atoms with van der Waals surface area (Å²) in [7, 11) is 1.72. The molecule has 0 aliphatic carbocycles. The fraction of sp³-hybridized carbons (Fsp3) is 0.500. The Bertz CT molecular complexity index is 758. The number of aryl methyl sites for hydroxylation is 1. The van der Waals surface area contributed by atoms with Gasteiger partial charge in [0, 0.05) is 38.8 Å². The summed E-state index contributed by atoms with van der Waals surface area (Å²) >= 11 is 0. The summed E-state index contributed by atoms with van der Waals surface area (Å²) in [6.07, 6.45) is 0. The smallest absolute Gasteiger partial charge is 0.330 e. The van der Waals surface area contributed by atoms with E-state index in [1.807, 2.05) is 11.8 Å². The molecular formula is C14H19N7O3. The summed E-state index contributed by atoms with van der Waals surface area (Å²) in [5.41, 5.74) is -0.189. The van der Waals surface area contributed by atoms with Gasteiger partial charge in [0.25, 0.3) is 5.56 Å². The first-order valence-electron chi connectivity index (χ1n) is 7.72. The molecule has 3 rings (SSSR count). The minimum absolute atomic E-state index is 0.115. The van der Waals surface area contributed by atoms with E-state index in [1.165, 1.54) is 16.8 Å². The van der Waals surface area contributed by atoms with E-state index in [-0.39, 0.29) is 17.4 Å². The van der Waals surface area contributed by atoms with E-state index >= 15 is 0 Å². The maximum absolute atomic E-state index is 11.6. The second kappa shape index (κ2) is 7.21. The van der Waals surface area contributed by atoms with E-state index in [1.54, 1.807) is 7.05 Å². The third kappa shape index (κ3) is 3.59. The molecule has 1 saturated heterocycles. The zero-order valence-corrected chi connectivity index (χ0v) is 13.6. The minimum Gasteiger partial charge on any atom is -0.403 e. The van der Waals surface area contributed by atoms with Crippen LogP contribution in [0.5, 0.6) is 11.9 Å². The highest BCUT2D eigenvalue weighted by Gasteiger charge is 2.17. The number of hydrogen-bond donors (Lipinski definition) is 1. The lowest BCUT2D eigenvalue weighted by Gasteiger charge is -2.26. The van der Waals surface area contributed by atoms with E-state index in [0.29, 0.717) is 44.7 Å². The maximum atomic E-state index is 11.6. The second-order valence-corrected chi connectivity index (χ2v) is 5.02. The zero-order chi connectivity index (χ0) is 16.9. The molecule has 1 fully saturated rings. The molecule has 0 atom stereocenters. The van der Waals surface area contributed by atoms with Crippen molar-refractivity contribution in [3.63, 3.8) is 0 Å². The van der Waals surface area contributed by atoms with Gasteiger partial charge in [-0.1, -0.05) is 0 Å². The Hall–Kier alpha value is -2.75. The lowest BCUT2D eigenvalue weighted by atomic mass is 10.4. The average molecular weight is 333 g/mol. The molecule has 0 saturated carbocycles. The van der Waals surface area contributed by atoms with Crippen LogP contribution in [0.4, 0.5) is 11.9 Å². The third-order valence-corrected chi connectivity index (χ3v) is 3.46. The van der Waals surface area contributed by atoms with Crippen molar-refractivity contribution in [1.82, 2.24) is 24.7 Å².